The van der Waals surface area contributed by atoms with Gasteiger partial charge in [-0.15, -0.1) is 16.9 Å². The van der Waals surface area contributed by atoms with Crippen LogP contribution in [0.25, 0.3) is 28.1 Å². The molecule has 5 nitrogen and oxygen atoms in total. The number of halogens is 1. The normalized spacial score (nSPS) is 18.0. The summed E-state index contributed by atoms with van der Waals surface area (Å²) in [5.41, 5.74) is 8.56. The van der Waals surface area contributed by atoms with Crippen LogP contribution in [0.1, 0.15) is 79.5 Å². The summed E-state index contributed by atoms with van der Waals surface area (Å²) in [5, 5.41) is 4.81. The van der Waals surface area contributed by atoms with Crippen LogP contribution < -0.4 is 0 Å². The summed E-state index contributed by atoms with van der Waals surface area (Å²) in [4.78, 5) is 13.1. The summed E-state index contributed by atoms with van der Waals surface area (Å²) in [6, 6.07) is 21.0. The lowest BCUT2D eigenvalue weighted by atomic mass is 9.72. The molecule has 0 amide bonds. The molecule has 44 heavy (non-hydrogen) atoms. The fourth-order valence-corrected chi connectivity index (χ4v) is 6.81. The molecule has 1 aliphatic carbocycles. The highest BCUT2D eigenvalue weighted by molar-refractivity contribution is 7.98. The third kappa shape index (κ3) is 6.26. The van der Waals surface area contributed by atoms with Gasteiger partial charge in [-0.3, -0.25) is 0 Å². The molecule has 1 saturated carbocycles. The quantitative estimate of drug-likeness (QED) is 0.0818. The number of thioether (sulfide) groups is 1. The minimum Gasteiger partial charge on any atom is -0.463 e. The Morgan fingerprint density at radius 2 is 1.84 bits per heavy atom. The second kappa shape index (κ2) is 13.5. The molecule has 2 fully saturated rings. The van der Waals surface area contributed by atoms with E-state index < -0.39 is 5.95 Å². The average Bonchev–Trinajstić information content (AvgIpc) is 3.35. The maximum atomic E-state index is 15.5. The zero-order valence-corrected chi connectivity index (χ0v) is 26.5. The number of esters is 1. The monoisotopic (exact) mass is 610 g/mol. The van der Waals surface area contributed by atoms with E-state index in [-0.39, 0.29) is 12.2 Å². The lowest BCUT2D eigenvalue weighted by Crippen LogP contribution is -2.19. The van der Waals surface area contributed by atoms with Gasteiger partial charge < -0.3 is 9.47 Å². The molecule has 3 aromatic carbocycles. The summed E-state index contributed by atoms with van der Waals surface area (Å²) in [5.74, 6) is -0.422. The second-order valence-electron chi connectivity index (χ2n) is 11.6. The molecule has 7 heteroatoms. The Hall–Kier alpha value is -3.68. The SMILES string of the molecule is CCOC(=O)/C=C/c1ccc(/C(=C(\c2ccc(SC)cc2C)C2CCC2)c2ccc3c(c2)c(F)nn3C2CCCCO2)cc1. The lowest BCUT2D eigenvalue weighted by Gasteiger charge is -2.32. The standard InChI is InChI=1S/C37H39FN2O3S/c1-4-42-34(41)20-13-25-11-14-27(15-12-25)35(36(26-8-7-9-26)30-18-17-29(44-3)22-24(30)2)28-16-19-32-31(23-28)37(38)39-40(32)33-10-5-6-21-43-33/h11-20,22-23,26,33H,4-10,21H2,1-3H3/b20-13+,36-35+. The first-order chi connectivity index (χ1) is 21.5. The highest BCUT2D eigenvalue weighted by Gasteiger charge is 2.29. The Morgan fingerprint density at radius 1 is 1.05 bits per heavy atom. The molecular formula is C37H39FN2O3S. The Kier molecular flexibility index (Phi) is 9.33. The van der Waals surface area contributed by atoms with E-state index in [1.807, 2.05) is 24.3 Å². The smallest absolute Gasteiger partial charge is 0.330 e. The van der Waals surface area contributed by atoms with E-state index in [1.54, 1.807) is 29.4 Å². The van der Waals surface area contributed by atoms with Crippen LogP contribution in [0.2, 0.25) is 0 Å². The fourth-order valence-electron chi connectivity index (χ4n) is 6.31. The van der Waals surface area contributed by atoms with Gasteiger partial charge in [-0.05, 0) is 127 Å². The molecule has 1 atom stereocenters. The number of hydrogen-bond donors (Lipinski definition) is 0. The van der Waals surface area contributed by atoms with Crippen LogP contribution in [0.5, 0.6) is 0 Å². The first-order valence-corrected chi connectivity index (χ1v) is 16.8. The molecule has 228 valence electrons. The number of hydrogen-bond acceptors (Lipinski definition) is 5. The third-order valence-electron chi connectivity index (χ3n) is 8.78. The number of nitrogens with zero attached hydrogens (tertiary/aromatic N) is 2. The van der Waals surface area contributed by atoms with Crippen molar-refractivity contribution in [1.82, 2.24) is 9.78 Å². The van der Waals surface area contributed by atoms with Crippen molar-refractivity contribution in [3.8, 4) is 0 Å². The van der Waals surface area contributed by atoms with E-state index in [4.69, 9.17) is 9.47 Å². The van der Waals surface area contributed by atoms with E-state index in [1.165, 1.54) is 34.1 Å². The second-order valence-corrected chi connectivity index (χ2v) is 12.5. The fraction of sp³-hybridized carbons (Fsp3) is 0.351. The number of ether oxygens (including phenoxy) is 2. The van der Waals surface area contributed by atoms with E-state index in [0.29, 0.717) is 24.5 Å². The number of carbonyl (C=O) groups is 1. The molecule has 1 saturated heterocycles. The number of aromatic nitrogens is 2. The Bertz CT molecular complexity index is 1710. The maximum absolute atomic E-state index is 15.5. The average molecular weight is 611 g/mol. The molecular weight excluding hydrogens is 571 g/mol. The van der Waals surface area contributed by atoms with Crippen molar-refractivity contribution in [2.24, 2.45) is 5.92 Å². The van der Waals surface area contributed by atoms with E-state index in [0.717, 1.165) is 59.9 Å². The summed E-state index contributed by atoms with van der Waals surface area (Å²) in [7, 11) is 0. The van der Waals surface area contributed by atoms with Crippen LogP contribution in [0.15, 0.2) is 71.6 Å². The summed E-state index contributed by atoms with van der Waals surface area (Å²) in [6.07, 6.45) is 11.4. The van der Waals surface area contributed by atoms with Gasteiger partial charge in [-0.1, -0.05) is 42.8 Å². The Labute approximate surface area is 263 Å². The highest BCUT2D eigenvalue weighted by Crippen LogP contribution is 2.46. The molecule has 2 aliphatic rings. The van der Waals surface area contributed by atoms with Crippen LogP contribution in [-0.4, -0.2) is 35.2 Å². The zero-order valence-electron chi connectivity index (χ0n) is 25.6. The number of rotatable bonds is 9. The van der Waals surface area contributed by atoms with Gasteiger partial charge in [0.15, 0.2) is 6.23 Å². The van der Waals surface area contributed by atoms with E-state index >= 15 is 4.39 Å². The van der Waals surface area contributed by atoms with Gasteiger partial charge >= 0.3 is 5.97 Å². The zero-order chi connectivity index (χ0) is 30.6. The molecule has 4 aromatic rings. The number of aryl methyl sites for hydroxylation is 1. The van der Waals surface area contributed by atoms with Crippen LogP contribution in [0, 0.1) is 18.8 Å². The van der Waals surface area contributed by atoms with E-state index in [2.05, 4.69) is 54.7 Å². The van der Waals surface area contributed by atoms with Gasteiger partial charge in [-0.2, -0.15) is 4.39 Å². The van der Waals surface area contributed by atoms with Gasteiger partial charge in [0.1, 0.15) is 0 Å². The van der Waals surface area contributed by atoms with E-state index in [9.17, 15) is 4.79 Å². The van der Waals surface area contributed by atoms with Crippen LogP contribution >= 0.6 is 11.8 Å². The van der Waals surface area contributed by atoms with Crippen molar-refractivity contribution in [3.05, 3.63) is 101 Å². The van der Waals surface area contributed by atoms with Crippen molar-refractivity contribution >= 4 is 45.9 Å². The molecule has 1 aromatic heterocycles. The number of fused-ring (bicyclic) bond motifs is 1. The number of allylic oxidation sites excluding steroid dienone is 1. The maximum Gasteiger partial charge on any atom is 0.330 e. The van der Waals surface area contributed by atoms with Gasteiger partial charge in [0, 0.05) is 17.6 Å². The largest absolute Gasteiger partial charge is 0.463 e. The molecule has 0 N–H and O–H groups in total. The Morgan fingerprint density at radius 3 is 2.50 bits per heavy atom. The summed E-state index contributed by atoms with van der Waals surface area (Å²) in [6.45, 7) is 4.99. The summed E-state index contributed by atoms with van der Waals surface area (Å²) >= 11 is 1.74. The van der Waals surface area contributed by atoms with Crippen LogP contribution in [-0.2, 0) is 14.3 Å². The van der Waals surface area contributed by atoms with Gasteiger partial charge in [0.2, 0.25) is 5.95 Å². The summed E-state index contributed by atoms with van der Waals surface area (Å²) < 4.78 is 28.2. The number of carbonyl (C=O) groups excluding carboxylic acids is 1. The van der Waals surface area contributed by atoms with Gasteiger partial charge in [-0.25, -0.2) is 9.48 Å². The highest BCUT2D eigenvalue weighted by atomic mass is 32.2. The molecule has 1 unspecified atom stereocenters. The van der Waals surface area contributed by atoms with Crippen molar-refractivity contribution in [3.63, 3.8) is 0 Å². The van der Waals surface area contributed by atoms with Crippen molar-refractivity contribution < 1.29 is 18.7 Å². The van der Waals surface area contributed by atoms with Crippen molar-refractivity contribution in [1.29, 1.82) is 0 Å². The third-order valence-corrected chi connectivity index (χ3v) is 9.51. The molecule has 0 radical (unpaired) electrons. The minimum absolute atomic E-state index is 0.241. The first kappa shape index (κ1) is 30.4. The van der Waals surface area contributed by atoms with Crippen molar-refractivity contribution in [2.75, 3.05) is 19.5 Å². The predicted octanol–water partition coefficient (Wildman–Crippen LogP) is 9.24. The van der Waals surface area contributed by atoms with Crippen LogP contribution in [0.4, 0.5) is 4.39 Å². The van der Waals surface area contributed by atoms with Crippen LogP contribution in [0.3, 0.4) is 0 Å². The molecule has 0 bridgehead atoms. The topological polar surface area (TPSA) is 53.3 Å². The molecule has 6 rings (SSSR count). The van der Waals surface area contributed by atoms with Gasteiger partial charge in [0.25, 0.3) is 0 Å². The molecule has 0 spiro atoms. The Balaban J connectivity index is 1.51. The minimum atomic E-state index is -0.472. The first-order valence-electron chi connectivity index (χ1n) is 15.6. The number of benzene rings is 3. The van der Waals surface area contributed by atoms with Gasteiger partial charge in [0.05, 0.1) is 17.5 Å². The lowest BCUT2D eigenvalue weighted by molar-refractivity contribution is -0.137. The molecule has 2 heterocycles. The predicted molar refractivity (Wildman–Crippen MR) is 177 cm³/mol. The van der Waals surface area contributed by atoms with Crippen molar-refractivity contribution in [2.45, 2.75) is 63.5 Å². The molecule has 1 aliphatic heterocycles.